The Kier molecular flexibility index (Phi) is 5.28. The zero-order valence-corrected chi connectivity index (χ0v) is 14.9. The Labute approximate surface area is 132 Å². The van der Waals surface area contributed by atoms with E-state index >= 15 is 0 Å². The quantitative estimate of drug-likeness (QED) is 0.743. The highest BCUT2D eigenvalue weighted by molar-refractivity contribution is 14.1. The molecule has 0 fully saturated rings. The number of rotatable bonds is 3. The van der Waals surface area contributed by atoms with Gasteiger partial charge in [0.1, 0.15) is 0 Å². The predicted octanol–water partition coefficient (Wildman–Crippen LogP) is 3.07. The summed E-state index contributed by atoms with van der Waals surface area (Å²) in [6.07, 6.45) is -0.964. The largest absolute Gasteiger partial charge is 0.389 e. The van der Waals surface area contributed by atoms with Crippen molar-refractivity contribution in [1.82, 2.24) is 4.72 Å². The van der Waals surface area contributed by atoms with Crippen molar-refractivity contribution in [2.24, 2.45) is 0 Å². The Balaban J connectivity index is 3.48. The SMILES string of the molecule is CC(O)c1c(S(=O)(=O)NC(C)(C)C)ccc(I)c1Cl. The highest BCUT2D eigenvalue weighted by Gasteiger charge is 2.27. The molecule has 0 spiro atoms. The highest BCUT2D eigenvalue weighted by atomic mass is 127. The molecule has 19 heavy (non-hydrogen) atoms. The Morgan fingerprint density at radius 2 is 1.89 bits per heavy atom. The van der Waals surface area contributed by atoms with E-state index in [1.165, 1.54) is 13.0 Å². The molecule has 0 aliphatic carbocycles. The van der Waals surface area contributed by atoms with E-state index in [-0.39, 0.29) is 15.5 Å². The molecule has 108 valence electrons. The van der Waals surface area contributed by atoms with Gasteiger partial charge in [-0.05, 0) is 62.4 Å². The second-order valence-corrected chi connectivity index (χ2v) is 8.50. The Morgan fingerprint density at radius 1 is 1.37 bits per heavy atom. The third-order valence-corrected chi connectivity index (χ3v) is 5.68. The third kappa shape index (κ3) is 4.29. The lowest BCUT2D eigenvalue weighted by Gasteiger charge is -2.23. The molecule has 4 nitrogen and oxygen atoms in total. The van der Waals surface area contributed by atoms with Gasteiger partial charge in [0.05, 0.1) is 16.0 Å². The van der Waals surface area contributed by atoms with Crippen molar-refractivity contribution in [3.63, 3.8) is 0 Å². The fraction of sp³-hybridized carbons (Fsp3) is 0.500. The molecule has 1 aromatic carbocycles. The van der Waals surface area contributed by atoms with E-state index in [1.54, 1.807) is 26.8 Å². The molecule has 2 N–H and O–H groups in total. The molecule has 0 saturated heterocycles. The van der Waals surface area contributed by atoms with Crippen LogP contribution in [0.3, 0.4) is 0 Å². The monoisotopic (exact) mass is 417 g/mol. The summed E-state index contributed by atoms with van der Waals surface area (Å²) in [7, 11) is -3.73. The number of hydrogen-bond donors (Lipinski definition) is 2. The van der Waals surface area contributed by atoms with Crippen LogP contribution in [0, 0.1) is 3.57 Å². The number of aliphatic hydroxyl groups is 1. The molecule has 0 aliphatic rings. The molecular formula is C12H17ClINO3S. The molecule has 7 heteroatoms. The number of aliphatic hydroxyl groups excluding tert-OH is 1. The van der Waals surface area contributed by atoms with Gasteiger partial charge in [0.15, 0.2) is 0 Å². The number of benzene rings is 1. The van der Waals surface area contributed by atoms with Crippen LogP contribution in [-0.4, -0.2) is 19.1 Å². The first-order valence-electron chi connectivity index (χ1n) is 5.65. The Morgan fingerprint density at radius 3 is 2.32 bits per heavy atom. The summed E-state index contributed by atoms with van der Waals surface area (Å²) in [6, 6.07) is 3.08. The van der Waals surface area contributed by atoms with Crippen molar-refractivity contribution in [3.05, 3.63) is 26.3 Å². The first kappa shape index (κ1) is 17.2. The molecule has 0 amide bonds. The average Bonchev–Trinajstić information content (AvgIpc) is 2.17. The van der Waals surface area contributed by atoms with Crippen LogP contribution in [0.4, 0.5) is 0 Å². The van der Waals surface area contributed by atoms with Gasteiger partial charge < -0.3 is 5.11 Å². The first-order chi connectivity index (χ1) is 8.46. The molecule has 0 bridgehead atoms. The lowest BCUT2D eigenvalue weighted by Crippen LogP contribution is -2.40. The molecular weight excluding hydrogens is 401 g/mol. The molecule has 0 aliphatic heterocycles. The van der Waals surface area contributed by atoms with E-state index in [0.717, 1.165) is 0 Å². The van der Waals surface area contributed by atoms with E-state index in [1.807, 2.05) is 22.6 Å². The van der Waals surface area contributed by atoms with E-state index < -0.39 is 21.7 Å². The van der Waals surface area contributed by atoms with Crippen LogP contribution in [0.2, 0.25) is 5.02 Å². The highest BCUT2D eigenvalue weighted by Crippen LogP contribution is 2.33. The van der Waals surface area contributed by atoms with Gasteiger partial charge in [0.2, 0.25) is 10.0 Å². The summed E-state index contributed by atoms with van der Waals surface area (Å²) in [6.45, 7) is 6.75. The van der Waals surface area contributed by atoms with Gasteiger partial charge in [0, 0.05) is 14.7 Å². The molecule has 1 rings (SSSR count). The van der Waals surface area contributed by atoms with Crippen molar-refractivity contribution in [2.75, 3.05) is 0 Å². The van der Waals surface area contributed by atoms with Crippen LogP contribution >= 0.6 is 34.2 Å². The first-order valence-corrected chi connectivity index (χ1v) is 8.59. The average molecular weight is 418 g/mol. The van der Waals surface area contributed by atoms with E-state index in [0.29, 0.717) is 3.57 Å². The molecule has 0 aromatic heterocycles. The second-order valence-electron chi connectivity index (χ2n) is 5.30. The lowest BCUT2D eigenvalue weighted by molar-refractivity contribution is 0.196. The summed E-state index contributed by atoms with van der Waals surface area (Å²) in [4.78, 5) is 0.0165. The van der Waals surface area contributed by atoms with Crippen LogP contribution in [0.25, 0.3) is 0 Å². The minimum atomic E-state index is -3.73. The maximum absolute atomic E-state index is 12.4. The number of halogens is 2. The standard InChI is InChI=1S/C12H17ClINO3S/c1-7(16)10-9(6-5-8(14)11(10)13)19(17,18)15-12(2,3)4/h5-7,15-16H,1-4H3. The Bertz CT molecular complexity index is 579. The van der Waals surface area contributed by atoms with Crippen LogP contribution in [0.5, 0.6) is 0 Å². The fourth-order valence-corrected chi connectivity index (χ4v) is 4.20. The van der Waals surface area contributed by atoms with Gasteiger partial charge in [0.25, 0.3) is 0 Å². The topological polar surface area (TPSA) is 66.4 Å². The third-order valence-electron chi connectivity index (χ3n) is 2.24. The van der Waals surface area contributed by atoms with Crippen molar-refractivity contribution < 1.29 is 13.5 Å². The van der Waals surface area contributed by atoms with Crippen LogP contribution in [-0.2, 0) is 10.0 Å². The van der Waals surface area contributed by atoms with Gasteiger partial charge >= 0.3 is 0 Å². The summed E-state index contributed by atoms with van der Waals surface area (Å²) in [5, 5.41) is 10.1. The normalized spacial score (nSPS) is 14.5. The van der Waals surface area contributed by atoms with Crippen LogP contribution in [0.1, 0.15) is 39.4 Å². The van der Waals surface area contributed by atoms with Gasteiger partial charge in [-0.15, -0.1) is 0 Å². The maximum atomic E-state index is 12.4. The van der Waals surface area contributed by atoms with Crippen LogP contribution in [0.15, 0.2) is 17.0 Å². The van der Waals surface area contributed by atoms with Gasteiger partial charge in [-0.2, -0.15) is 0 Å². The molecule has 1 atom stereocenters. The van der Waals surface area contributed by atoms with Crippen molar-refractivity contribution in [2.45, 2.75) is 44.2 Å². The van der Waals surface area contributed by atoms with Gasteiger partial charge in [-0.25, -0.2) is 13.1 Å². The van der Waals surface area contributed by atoms with Crippen molar-refractivity contribution >= 4 is 44.2 Å². The van der Waals surface area contributed by atoms with E-state index in [4.69, 9.17) is 11.6 Å². The number of nitrogens with one attached hydrogen (secondary N) is 1. The van der Waals surface area contributed by atoms with E-state index in [9.17, 15) is 13.5 Å². The second kappa shape index (κ2) is 5.85. The number of hydrogen-bond acceptors (Lipinski definition) is 3. The summed E-state index contributed by atoms with van der Waals surface area (Å²) < 4.78 is 28.0. The zero-order chi connectivity index (χ0) is 15.0. The summed E-state index contributed by atoms with van der Waals surface area (Å²) in [5.41, 5.74) is -0.380. The molecule has 1 unspecified atom stereocenters. The van der Waals surface area contributed by atoms with Gasteiger partial charge in [-0.3, -0.25) is 0 Å². The smallest absolute Gasteiger partial charge is 0.241 e. The van der Waals surface area contributed by atoms with Crippen molar-refractivity contribution in [1.29, 1.82) is 0 Å². The predicted molar refractivity (Wildman–Crippen MR) is 84.9 cm³/mol. The van der Waals surface area contributed by atoms with Crippen molar-refractivity contribution in [3.8, 4) is 0 Å². The lowest BCUT2D eigenvalue weighted by atomic mass is 10.1. The minimum absolute atomic E-state index is 0.0165. The minimum Gasteiger partial charge on any atom is -0.389 e. The maximum Gasteiger partial charge on any atom is 0.241 e. The molecule has 0 heterocycles. The fourth-order valence-electron chi connectivity index (χ4n) is 1.63. The zero-order valence-electron chi connectivity index (χ0n) is 11.2. The number of sulfonamides is 1. The summed E-state index contributed by atoms with van der Waals surface area (Å²) in [5.74, 6) is 0. The van der Waals surface area contributed by atoms with E-state index in [2.05, 4.69) is 4.72 Å². The summed E-state index contributed by atoms with van der Waals surface area (Å²) >= 11 is 8.11. The molecule has 1 aromatic rings. The molecule has 0 radical (unpaired) electrons. The van der Waals surface area contributed by atoms with Gasteiger partial charge in [-0.1, -0.05) is 11.6 Å². The molecule has 0 saturated carbocycles. The Hall–Kier alpha value is 0.110. The van der Waals surface area contributed by atoms with Crippen LogP contribution < -0.4 is 4.72 Å².